The van der Waals surface area contributed by atoms with Gasteiger partial charge in [0, 0.05) is 11.5 Å². The fourth-order valence-corrected chi connectivity index (χ4v) is 2.62. The van der Waals surface area contributed by atoms with Gasteiger partial charge >= 0.3 is 0 Å². The Morgan fingerprint density at radius 1 is 1.11 bits per heavy atom. The van der Waals surface area contributed by atoms with Gasteiger partial charge < -0.3 is 15.7 Å². The summed E-state index contributed by atoms with van der Waals surface area (Å²) < 4.78 is 27.8. The smallest absolute Gasteiger partial charge is 0.229 e. The highest BCUT2D eigenvalue weighted by molar-refractivity contribution is 7.94. The third-order valence-corrected chi connectivity index (χ3v) is 3.63. The first kappa shape index (κ1) is 12.5. The third kappa shape index (κ3) is 2.63. The fourth-order valence-electron chi connectivity index (χ4n) is 1.46. The summed E-state index contributed by atoms with van der Waals surface area (Å²) in [5.41, 5.74) is 4.32. The van der Waals surface area contributed by atoms with E-state index in [0.717, 1.165) is 0 Å². The standard InChI is InChI=1S/C11H11N4O2S/c12-8-9-4-1-2-5-10(9)18(16,17)15-11-13-6-3-7-14-11/h1-7H,8,12H2/q-1/p+1. The van der Waals surface area contributed by atoms with Crippen LogP contribution >= 0.6 is 0 Å². The second-order valence-corrected chi connectivity index (χ2v) is 5.05. The van der Waals surface area contributed by atoms with E-state index < -0.39 is 10.0 Å². The lowest BCUT2D eigenvalue weighted by Crippen LogP contribution is -2.47. The maximum Gasteiger partial charge on any atom is 0.229 e. The van der Waals surface area contributed by atoms with Crippen LogP contribution in [0.4, 0.5) is 5.95 Å². The van der Waals surface area contributed by atoms with Crippen molar-refractivity contribution in [3.05, 3.63) is 53.0 Å². The van der Waals surface area contributed by atoms with Crippen molar-refractivity contribution >= 4 is 16.0 Å². The monoisotopic (exact) mass is 264 g/mol. The molecular weight excluding hydrogens is 252 g/mol. The Morgan fingerprint density at radius 3 is 2.44 bits per heavy atom. The minimum Gasteiger partial charge on any atom is -0.366 e. The summed E-state index contributed by atoms with van der Waals surface area (Å²) in [5, 5.41) is 0. The van der Waals surface area contributed by atoms with E-state index in [0.29, 0.717) is 12.1 Å². The van der Waals surface area contributed by atoms with E-state index in [2.05, 4.69) is 20.4 Å². The minimum absolute atomic E-state index is 0.0728. The summed E-state index contributed by atoms with van der Waals surface area (Å²) in [4.78, 5) is 7.69. The highest BCUT2D eigenvalue weighted by atomic mass is 32.2. The zero-order valence-electron chi connectivity index (χ0n) is 9.52. The van der Waals surface area contributed by atoms with Crippen molar-refractivity contribution in [1.82, 2.24) is 9.97 Å². The summed E-state index contributed by atoms with van der Waals surface area (Å²) in [6, 6.07) is 8.21. The molecule has 0 amide bonds. The van der Waals surface area contributed by atoms with E-state index in [1.807, 2.05) is 0 Å². The molecule has 2 aromatic rings. The minimum atomic E-state index is -3.80. The molecule has 0 saturated heterocycles. The topological polar surface area (TPSA) is 102 Å². The molecule has 0 saturated carbocycles. The number of sulfonamides is 1. The first-order valence-electron chi connectivity index (χ1n) is 5.25. The van der Waals surface area contributed by atoms with Crippen LogP contribution in [0.3, 0.4) is 0 Å². The second-order valence-electron chi connectivity index (χ2n) is 3.47. The average molecular weight is 264 g/mol. The number of benzene rings is 1. The molecule has 0 atom stereocenters. The molecule has 1 aromatic heterocycles. The van der Waals surface area contributed by atoms with Crippen LogP contribution in [0.25, 0.3) is 4.72 Å². The van der Waals surface area contributed by atoms with Gasteiger partial charge in [0.1, 0.15) is 6.54 Å². The molecule has 0 bridgehead atoms. The first-order valence-corrected chi connectivity index (χ1v) is 6.69. The molecule has 0 radical (unpaired) electrons. The molecule has 0 aliphatic carbocycles. The fraction of sp³-hybridized carbons (Fsp3) is 0.0909. The molecule has 0 unspecified atom stereocenters. The summed E-state index contributed by atoms with van der Waals surface area (Å²) in [7, 11) is -3.80. The molecule has 2 rings (SSSR count). The van der Waals surface area contributed by atoms with Crippen LogP contribution in [-0.4, -0.2) is 18.4 Å². The van der Waals surface area contributed by atoms with Gasteiger partial charge in [-0.25, -0.2) is 8.42 Å². The van der Waals surface area contributed by atoms with Gasteiger partial charge in [-0.2, -0.15) is 0 Å². The lowest BCUT2D eigenvalue weighted by molar-refractivity contribution is -0.387. The molecule has 6 nitrogen and oxygen atoms in total. The van der Waals surface area contributed by atoms with Gasteiger partial charge in [0.15, 0.2) is 0 Å². The maximum absolute atomic E-state index is 12.1. The van der Waals surface area contributed by atoms with Crippen molar-refractivity contribution in [3.8, 4) is 0 Å². The molecule has 0 fully saturated rings. The van der Waals surface area contributed by atoms with Crippen molar-refractivity contribution in [3.63, 3.8) is 0 Å². The van der Waals surface area contributed by atoms with E-state index >= 15 is 0 Å². The molecular formula is C11H12N4O2S. The number of nitrogens with zero attached hydrogens (tertiary/aromatic N) is 3. The molecule has 0 spiro atoms. The molecule has 0 aliphatic rings. The number of hydrogen-bond donors (Lipinski definition) is 1. The largest absolute Gasteiger partial charge is 0.366 e. The Bertz CT molecular complexity index is 629. The Kier molecular flexibility index (Phi) is 3.54. The van der Waals surface area contributed by atoms with E-state index in [9.17, 15) is 8.42 Å². The maximum atomic E-state index is 12.1. The molecule has 3 N–H and O–H groups in total. The van der Waals surface area contributed by atoms with Gasteiger partial charge in [-0.3, -0.25) is 4.72 Å². The van der Waals surface area contributed by atoms with Gasteiger partial charge in [-0.05, 0) is 18.5 Å². The second kappa shape index (κ2) is 5.11. The summed E-state index contributed by atoms with van der Waals surface area (Å²) in [5.74, 6) is -0.0728. The van der Waals surface area contributed by atoms with Crippen LogP contribution in [0.2, 0.25) is 0 Å². The zero-order valence-corrected chi connectivity index (χ0v) is 10.3. The van der Waals surface area contributed by atoms with Crippen molar-refractivity contribution in [1.29, 1.82) is 0 Å². The molecule has 18 heavy (non-hydrogen) atoms. The Hall–Kier alpha value is -1.99. The lowest BCUT2D eigenvalue weighted by Gasteiger charge is -2.13. The molecule has 0 aliphatic heterocycles. The Labute approximate surface area is 105 Å². The van der Waals surface area contributed by atoms with E-state index in [4.69, 9.17) is 0 Å². The Morgan fingerprint density at radius 2 is 1.78 bits per heavy atom. The van der Waals surface area contributed by atoms with Crippen molar-refractivity contribution in [2.75, 3.05) is 0 Å². The first-order chi connectivity index (χ1) is 8.63. The number of aromatic nitrogens is 2. The van der Waals surface area contributed by atoms with Crippen LogP contribution < -0.4 is 5.73 Å². The van der Waals surface area contributed by atoms with Gasteiger partial charge in [-0.15, -0.1) is 0 Å². The summed E-state index contributed by atoms with van der Waals surface area (Å²) in [6.07, 6.45) is 2.88. The lowest BCUT2D eigenvalue weighted by atomic mass is 10.2. The Balaban J connectivity index is 2.37. The van der Waals surface area contributed by atoms with Crippen molar-refractivity contribution in [2.24, 2.45) is 0 Å². The molecule has 7 heteroatoms. The van der Waals surface area contributed by atoms with Gasteiger partial charge in [-0.1, -0.05) is 24.3 Å². The van der Waals surface area contributed by atoms with E-state index in [-0.39, 0.29) is 10.8 Å². The van der Waals surface area contributed by atoms with Crippen LogP contribution in [-0.2, 0) is 16.6 Å². The normalized spacial score (nSPS) is 11.2. The van der Waals surface area contributed by atoms with E-state index in [1.165, 1.54) is 18.5 Å². The highest BCUT2D eigenvalue weighted by Crippen LogP contribution is 2.25. The molecule has 1 aromatic carbocycles. The quantitative estimate of drug-likeness (QED) is 0.874. The third-order valence-electron chi connectivity index (χ3n) is 2.27. The van der Waals surface area contributed by atoms with Crippen LogP contribution in [0, 0.1) is 0 Å². The number of rotatable bonds is 4. The van der Waals surface area contributed by atoms with Crippen LogP contribution in [0.1, 0.15) is 5.56 Å². The van der Waals surface area contributed by atoms with E-state index in [1.54, 1.807) is 24.3 Å². The summed E-state index contributed by atoms with van der Waals surface area (Å²) in [6.45, 7) is 0.376. The molecule has 1 heterocycles. The molecule has 94 valence electrons. The number of quaternary nitrogens is 1. The van der Waals surface area contributed by atoms with Crippen LogP contribution in [0.5, 0.6) is 0 Å². The highest BCUT2D eigenvalue weighted by Gasteiger charge is 2.16. The van der Waals surface area contributed by atoms with Crippen molar-refractivity contribution < 1.29 is 14.2 Å². The van der Waals surface area contributed by atoms with Gasteiger partial charge in [0.25, 0.3) is 0 Å². The average Bonchev–Trinajstić information content (AvgIpc) is 2.39. The SMILES string of the molecule is [NH3+]Cc1ccccc1S(=O)(=O)[N-]c1ncccn1. The van der Waals surface area contributed by atoms with Crippen LogP contribution in [0.15, 0.2) is 47.6 Å². The predicted molar refractivity (Wildman–Crippen MR) is 65.3 cm³/mol. The van der Waals surface area contributed by atoms with Crippen molar-refractivity contribution in [2.45, 2.75) is 11.4 Å². The zero-order chi connectivity index (χ0) is 13.0. The number of hydrogen-bond acceptors (Lipinski definition) is 4. The van der Waals surface area contributed by atoms with Gasteiger partial charge in [0.05, 0.1) is 4.90 Å². The predicted octanol–water partition coefficient (Wildman–Crippen LogP) is 0.613. The van der Waals surface area contributed by atoms with Gasteiger partial charge in [0.2, 0.25) is 10.0 Å². The summed E-state index contributed by atoms with van der Waals surface area (Å²) >= 11 is 0.